The van der Waals surface area contributed by atoms with Gasteiger partial charge in [0.2, 0.25) is 5.60 Å². The van der Waals surface area contributed by atoms with Crippen LogP contribution in [0.3, 0.4) is 0 Å². The number of halogens is 5. The van der Waals surface area contributed by atoms with E-state index < -0.39 is 41.2 Å². The van der Waals surface area contributed by atoms with Crippen LogP contribution >= 0.6 is 11.6 Å². The lowest BCUT2D eigenvalue weighted by atomic mass is 9.84. The molecule has 1 amide bonds. The molecular formula is C29H24ClF4N3O4. The molecule has 1 unspecified atom stereocenters. The van der Waals surface area contributed by atoms with Gasteiger partial charge >= 0.3 is 6.18 Å². The van der Waals surface area contributed by atoms with E-state index >= 15 is 0 Å². The molecule has 2 aromatic heterocycles. The van der Waals surface area contributed by atoms with Gasteiger partial charge in [-0.15, -0.1) is 0 Å². The van der Waals surface area contributed by atoms with E-state index in [1.165, 1.54) is 37.6 Å². The third-order valence-corrected chi connectivity index (χ3v) is 7.31. The van der Waals surface area contributed by atoms with Crippen LogP contribution in [0.4, 0.5) is 17.6 Å². The number of ether oxygens (including phenoxy) is 2. The second-order valence-corrected chi connectivity index (χ2v) is 10.7. The van der Waals surface area contributed by atoms with E-state index in [4.69, 9.17) is 21.1 Å². The van der Waals surface area contributed by atoms with Gasteiger partial charge < -0.3 is 19.9 Å². The van der Waals surface area contributed by atoms with Crippen molar-refractivity contribution in [1.82, 2.24) is 15.3 Å². The highest BCUT2D eigenvalue weighted by Crippen LogP contribution is 2.47. The number of pyridine rings is 2. The molecule has 0 saturated heterocycles. The van der Waals surface area contributed by atoms with Crippen molar-refractivity contribution < 1.29 is 36.9 Å². The van der Waals surface area contributed by atoms with Gasteiger partial charge in [-0.3, -0.25) is 9.78 Å². The number of nitrogens with zero attached hydrogens (tertiary/aromatic N) is 2. The van der Waals surface area contributed by atoms with E-state index in [1.807, 2.05) is 0 Å². The van der Waals surface area contributed by atoms with Crippen LogP contribution in [0.2, 0.25) is 5.02 Å². The van der Waals surface area contributed by atoms with E-state index in [2.05, 4.69) is 15.3 Å². The fourth-order valence-corrected chi connectivity index (χ4v) is 4.84. The number of methoxy groups -OCH3 is 1. The van der Waals surface area contributed by atoms with E-state index in [9.17, 15) is 27.5 Å². The number of carbonyl (C=O) groups is 1. The summed E-state index contributed by atoms with van der Waals surface area (Å²) >= 11 is 5.94. The van der Waals surface area contributed by atoms with E-state index in [0.29, 0.717) is 16.5 Å². The van der Waals surface area contributed by atoms with Crippen molar-refractivity contribution in [3.8, 4) is 22.8 Å². The number of aliphatic hydroxyl groups is 1. The summed E-state index contributed by atoms with van der Waals surface area (Å²) in [5.41, 5.74) is -4.13. The Kier molecular flexibility index (Phi) is 7.07. The Balaban J connectivity index is 1.57. The van der Waals surface area contributed by atoms with Crippen molar-refractivity contribution >= 4 is 28.4 Å². The van der Waals surface area contributed by atoms with Crippen molar-refractivity contribution in [2.75, 3.05) is 20.3 Å². The number of hydrogen-bond donors (Lipinski definition) is 2. The normalized spacial score (nSPS) is 15.6. The number of hydrogen-bond acceptors (Lipinski definition) is 6. The molecule has 0 spiro atoms. The molecule has 0 fully saturated rings. The summed E-state index contributed by atoms with van der Waals surface area (Å²) in [5.74, 6) is -1.15. The Bertz CT molecular complexity index is 1680. The summed E-state index contributed by atoms with van der Waals surface area (Å²) in [7, 11) is 1.38. The van der Waals surface area contributed by atoms with Gasteiger partial charge in [0.1, 0.15) is 28.5 Å². The number of benzene rings is 2. The lowest BCUT2D eigenvalue weighted by Gasteiger charge is -2.31. The number of amides is 1. The highest BCUT2D eigenvalue weighted by Gasteiger charge is 2.57. The minimum atomic E-state index is -5.26. The molecular weight excluding hydrogens is 566 g/mol. The summed E-state index contributed by atoms with van der Waals surface area (Å²) in [5, 5.41) is 13.7. The van der Waals surface area contributed by atoms with E-state index in [0.717, 1.165) is 12.1 Å². The first kappa shape index (κ1) is 28.6. The van der Waals surface area contributed by atoms with Gasteiger partial charge in [-0.25, -0.2) is 9.37 Å². The number of alkyl halides is 3. The summed E-state index contributed by atoms with van der Waals surface area (Å²) in [6.07, 6.45) is -3.72. The van der Waals surface area contributed by atoms with E-state index in [-0.39, 0.29) is 39.9 Å². The molecule has 0 radical (unpaired) electrons. The lowest BCUT2D eigenvalue weighted by molar-refractivity contribution is -0.265. The second kappa shape index (κ2) is 10.1. The standard InChI is InChI=1S/C29H24ClF4N3O4/c1-27(2)14-41-25-18(27)12-22(37-24(25)16-6-7-20(31)19(30)10-16)28(39,29(32,33)34)13-36-26(38)17-9-15-5-4-8-35-23(15)21(11-17)40-3/h4-12,39H,13-14H2,1-3H3,(H,36,38). The summed E-state index contributed by atoms with van der Waals surface area (Å²) in [6, 6.07) is 10.8. The van der Waals surface area contributed by atoms with Crippen LogP contribution in [-0.4, -0.2) is 47.4 Å². The minimum absolute atomic E-state index is 0.00460. The average molecular weight is 590 g/mol. The van der Waals surface area contributed by atoms with Gasteiger partial charge in [0.15, 0.2) is 0 Å². The molecule has 0 aliphatic carbocycles. The quantitative estimate of drug-likeness (QED) is 0.270. The molecule has 2 aromatic carbocycles. The van der Waals surface area contributed by atoms with Crippen LogP contribution in [0.25, 0.3) is 22.2 Å². The molecule has 2 N–H and O–H groups in total. The highest BCUT2D eigenvalue weighted by atomic mass is 35.5. The first-order chi connectivity index (χ1) is 19.2. The summed E-state index contributed by atoms with van der Waals surface area (Å²) in [6.45, 7) is 2.41. The van der Waals surface area contributed by atoms with Gasteiger partial charge in [-0.2, -0.15) is 13.2 Å². The van der Waals surface area contributed by atoms with Gasteiger partial charge in [0, 0.05) is 33.7 Å². The zero-order chi connectivity index (χ0) is 29.7. The van der Waals surface area contributed by atoms with Crippen LogP contribution < -0.4 is 14.8 Å². The van der Waals surface area contributed by atoms with Crippen molar-refractivity contribution in [3.63, 3.8) is 0 Å². The zero-order valence-electron chi connectivity index (χ0n) is 22.1. The molecule has 0 bridgehead atoms. The Morgan fingerprint density at radius 2 is 1.95 bits per heavy atom. The predicted octanol–water partition coefficient (Wildman–Crippen LogP) is 5.95. The Labute approximate surface area is 237 Å². The number of carbonyl (C=O) groups excluding carboxylic acids is 1. The fourth-order valence-electron chi connectivity index (χ4n) is 4.66. The lowest BCUT2D eigenvalue weighted by Crippen LogP contribution is -2.51. The fraction of sp³-hybridized carbons (Fsp3) is 0.276. The van der Waals surface area contributed by atoms with Crippen LogP contribution in [0.15, 0.2) is 54.7 Å². The average Bonchev–Trinajstić information content (AvgIpc) is 3.25. The molecule has 214 valence electrons. The molecule has 12 heteroatoms. The molecule has 4 aromatic rings. The van der Waals surface area contributed by atoms with Gasteiger partial charge in [-0.05, 0) is 42.5 Å². The maximum absolute atomic E-state index is 14.6. The van der Waals surface area contributed by atoms with Gasteiger partial charge in [-0.1, -0.05) is 31.5 Å². The molecule has 1 aliphatic rings. The van der Waals surface area contributed by atoms with Crippen LogP contribution in [0.5, 0.6) is 11.5 Å². The molecule has 5 rings (SSSR count). The Hall–Kier alpha value is -3.96. The number of aromatic nitrogens is 2. The molecule has 0 saturated carbocycles. The highest BCUT2D eigenvalue weighted by molar-refractivity contribution is 6.31. The van der Waals surface area contributed by atoms with Crippen molar-refractivity contribution in [2.24, 2.45) is 0 Å². The molecule has 7 nitrogen and oxygen atoms in total. The molecule has 1 aliphatic heterocycles. The maximum atomic E-state index is 14.6. The monoisotopic (exact) mass is 589 g/mol. The van der Waals surface area contributed by atoms with Crippen LogP contribution in [0.1, 0.15) is 35.5 Å². The van der Waals surface area contributed by atoms with Crippen molar-refractivity contribution in [1.29, 1.82) is 0 Å². The van der Waals surface area contributed by atoms with Crippen molar-refractivity contribution in [3.05, 3.63) is 82.4 Å². The number of fused-ring (bicyclic) bond motifs is 2. The first-order valence-electron chi connectivity index (χ1n) is 12.4. The number of rotatable bonds is 6. The van der Waals surface area contributed by atoms with E-state index in [1.54, 1.807) is 26.0 Å². The van der Waals surface area contributed by atoms with Gasteiger partial charge in [0.25, 0.3) is 5.91 Å². The zero-order valence-corrected chi connectivity index (χ0v) is 22.8. The SMILES string of the molecule is COc1cc(C(=O)NCC(O)(c2cc3c(c(-c4ccc(F)c(Cl)c4)n2)OCC3(C)C)C(F)(F)F)cc2cccnc12. The predicted molar refractivity (Wildman–Crippen MR) is 144 cm³/mol. The minimum Gasteiger partial charge on any atom is -0.494 e. The second-order valence-electron chi connectivity index (χ2n) is 10.3. The largest absolute Gasteiger partial charge is 0.494 e. The summed E-state index contributed by atoms with van der Waals surface area (Å²) in [4.78, 5) is 21.4. The molecule has 41 heavy (non-hydrogen) atoms. The maximum Gasteiger partial charge on any atom is 0.424 e. The molecule has 1 atom stereocenters. The van der Waals surface area contributed by atoms with Crippen LogP contribution in [-0.2, 0) is 11.0 Å². The smallest absolute Gasteiger partial charge is 0.424 e. The third kappa shape index (κ3) is 5.04. The third-order valence-electron chi connectivity index (χ3n) is 7.02. The first-order valence-corrected chi connectivity index (χ1v) is 12.8. The Morgan fingerprint density at radius 1 is 1.20 bits per heavy atom. The van der Waals surface area contributed by atoms with Gasteiger partial charge in [0.05, 0.1) is 31.0 Å². The summed E-state index contributed by atoms with van der Waals surface area (Å²) < 4.78 is 68.7. The van der Waals surface area contributed by atoms with Crippen molar-refractivity contribution in [2.45, 2.75) is 31.0 Å². The van der Waals surface area contributed by atoms with Crippen LogP contribution in [0, 0.1) is 5.82 Å². The topological polar surface area (TPSA) is 93.6 Å². The number of nitrogens with one attached hydrogen (secondary N) is 1. The Morgan fingerprint density at radius 3 is 2.63 bits per heavy atom. The molecule has 3 heterocycles.